The number of unbranched alkanes of at least 4 members (excludes halogenated alkanes) is 1. The fourth-order valence-corrected chi connectivity index (χ4v) is 4.58. The predicted octanol–water partition coefficient (Wildman–Crippen LogP) is 4.43. The molecule has 4 rings (SSSR count). The van der Waals surface area contributed by atoms with Gasteiger partial charge in [0, 0.05) is 26.2 Å². The van der Waals surface area contributed by atoms with Crippen molar-refractivity contribution >= 4 is 17.1 Å². The molecule has 0 radical (unpaired) electrons. The molecule has 1 saturated heterocycles. The van der Waals surface area contributed by atoms with Gasteiger partial charge in [0.2, 0.25) is 0 Å². The summed E-state index contributed by atoms with van der Waals surface area (Å²) in [5, 5.41) is 3.09. The predicted molar refractivity (Wildman–Crippen MR) is 122 cm³/mol. The van der Waals surface area contributed by atoms with E-state index >= 15 is 0 Å². The number of benzene rings is 2. The zero-order valence-corrected chi connectivity index (χ0v) is 18.3. The third kappa shape index (κ3) is 4.84. The van der Waals surface area contributed by atoms with Crippen LogP contribution >= 0.6 is 0 Å². The van der Waals surface area contributed by atoms with Crippen LogP contribution in [-0.4, -0.2) is 34.6 Å². The van der Waals surface area contributed by atoms with Crippen LogP contribution in [-0.2, 0) is 13.5 Å². The third-order valence-corrected chi connectivity index (χ3v) is 6.44. The van der Waals surface area contributed by atoms with Crippen molar-refractivity contribution in [2.45, 2.75) is 51.0 Å². The summed E-state index contributed by atoms with van der Waals surface area (Å²) in [6.07, 6.45) is 4.91. The van der Waals surface area contributed by atoms with Gasteiger partial charge in [0.05, 0.1) is 5.52 Å². The Morgan fingerprint density at radius 3 is 2.74 bits per heavy atom. The van der Waals surface area contributed by atoms with Crippen LogP contribution in [0.5, 0.6) is 0 Å². The smallest absolute Gasteiger partial charge is 0.408 e. The maximum Gasteiger partial charge on any atom is 0.419 e. The molecule has 2 amide bonds. The average Bonchev–Trinajstić information content (AvgIpc) is 3.07. The second-order valence-electron chi connectivity index (χ2n) is 8.59. The van der Waals surface area contributed by atoms with Crippen molar-refractivity contribution in [3.05, 3.63) is 70.2 Å². The number of carbonyl (C=O) groups excluding carboxylic acids is 1. The van der Waals surface area contributed by atoms with Gasteiger partial charge in [-0.2, -0.15) is 0 Å². The molecule has 31 heavy (non-hydrogen) atoms. The number of piperidine rings is 1. The summed E-state index contributed by atoms with van der Waals surface area (Å²) in [4.78, 5) is 26.4. The van der Waals surface area contributed by atoms with Gasteiger partial charge < -0.3 is 14.6 Å². The molecular formula is C25H31N3O3. The number of oxazole rings is 1. The molecule has 3 aromatic rings. The van der Waals surface area contributed by atoms with Crippen LogP contribution in [0.15, 0.2) is 57.7 Å². The first-order chi connectivity index (χ1) is 15.0. The first-order valence-electron chi connectivity index (χ1n) is 11.2. The monoisotopic (exact) mass is 421 g/mol. The van der Waals surface area contributed by atoms with E-state index in [0.29, 0.717) is 18.0 Å². The number of aryl methyl sites for hydroxylation is 2. The summed E-state index contributed by atoms with van der Waals surface area (Å²) in [6.45, 7) is 3.56. The van der Waals surface area contributed by atoms with E-state index in [1.54, 1.807) is 7.05 Å². The van der Waals surface area contributed by atoms with Crippen molar-refractivity contribution in [1.82, 2.24) is 14.8 Å². The molecule has 0 bridgehead atoms. The van der Waals surface area contributed by atoms with E-state index in [2.05, 4.69) is 42.6 Å². The SMILES string of the molecule is C[C@@H]1CC(c2ccc3c(c2)oc(=O)n3C)CCN1C(=O)NCCCCc1ccccc1. The molecule has 1 aliphatic heterocycles. The van der Waals surface area contributed by atoms with Gasteiger partial charge in [-0.05, 0) is 68.2 Å². The van der Waals surface area contributed by atoms with Crippen LogP contribution in [0.3, 0.4) is 0 Å². The van der Waals surface area contributed by atoms with E-state index in [9.17, 15) is 9.59 Å². The largest absolute Gasteiger partial charge is 0.419 e. The number of nitrogens with one attached hydrogen (secondary N) is 1. The van der Waals surface area contributed by atoms with E-state index in [1.165, 1.54) is 15.7 Å². The van der Waals surface area contributed by atoms with Crippen molar-refractivity contribution in [1.29, 1.82) is 0 Å². The van der Waals surface area contributed by atoms with E-state index in [0.717, 1.165) is 44.2 Å². The Kier molecular flexibility index (Phi) is 6.44. The standard InChI is InChI=1S/C25H31N3O3/c1-18-16-21(20-11-12-22-23(17-20)31-25(30)27(22)2)13-15-28(18)24(29)26-14-7-6-10-19-8-4-3-5-9-19/h3-5,8-9,11-12,17-18,21H,6-7,10,13-16H2,1-2H3,(H,26,29)/t18-,21?/m1/s1. The van der Waals surface area contributed by atoms with Gasteiger partial charge in [-0.3, -0.25) is 4.57 Å². The number of amides is 2. The maximum absolute atomic E-state index is 12.7. The van der Waals surface area contributed by atoms with Gasteiger partial charge in [-0.1, -0.05) is 36.4 Å². The molecule has 6 heteroatoms. The Bertz CT molecular complexity index is 1090. The number of fused-ring (bicyclic) bond motifs is 1. The third-order valence-electron chi connectivity index (χ3n) is 6.44. The van der Waals surface area contributed by atoms with Crippen LogP contribution in [0.25, 0.3) is 11.1 Å². The average molecular weight is 422 g/mol. The molecule has 1 unspecified atom stereocenters. The minimum absolute atomic E-state index is 0.0372. The molecule has 0 aliphatic carbocycles. The second kappa shape index (κ2) is 9.41. The Morgan fingerprint density at radius 2 is 1.97 bits per heavy atom. The highest BCUT2D eigenvalue weighted by atomic mass is 16.4. The van der Waals surface area contributed by atoms with Crippen LogP contribution in [0.2, 0.25) is 0 Å². The van der Waals surface area contributed by atoms with Gasteiger partial charge in [-0.15, -0.1) is 0 Å². The molecule has 0 spiro atoms. The molecule has 2 aromatic carbocycles. The van der Waals surface area contributed by atoms with Gasteiger partial charge in [0.15, 0.2) is 5.58 Å². The lowest BCUT2D eigenvalue weighted by molar-refractivity contribution is 0.150. The Balaban J connectivity index is 1.26. The number of carbonyl (C=O) groups is 1. The van der Waals surface area contributed by atoms with Gasteiger partial charge >= 0.3 is 11.8 Å². The number of likely N-dealkylation sites (tertiary alicyclic amines) is 1. The summed E-state index contributed by atoms with van der Waals surface area (Å²) >= 11 is 0. The first kappa shape index (κ1) is 21.2. The minimum Gasteiger partial charge on any atom is -0.408 e. The minimum atomic E-state index is -0.337. The van der Waals surface area contributed by atoms with Gasteiger partial charge in [0.25, 0.3) is 0 Å². The zero-order chi connectivity index (χ0) is 21.8. The molecule has 1 N–H and O–H groups in total. The van der Waals surface area contributed by atoms with Crippen LogP contribution < -0.4 is 11.1 Å². The first-order valence-corrected chi connectivity index (χ1v) is 11.2. The number of hydrogen-bond donors (Lipinski definition) is 1. The maximum atomic E-state index is 12.7. The Hall–Kier alpha value is -3.02. The number of urea groups is 1. The topological polar surface area (TPSA) is 67.5 Å². The van der Waals surface area contributed by atoms with E-state index < -0.39 is 0 Å². The molecule has 1 aliphatic rings. The molecule has 0 saturated carbocycles. The highest BCUT2D eigenvalue weighted by Gasteiger charge is 2.29. The van der Waals surface area contributed by atoms with E-state index in [4.69, 9.17) is 4.42 Å². The normalized spacial score (nSPS) is 19.0. The molecule has 6 nitrogen and oxygen atoms in total. The molecular weight excluding hydrogens is 390 g/mol. The van der Waals surface area contributed by atoms with Gasteiger partial charge in [0.1, 0.15) is 0 Å². The molecule has 2 heterocycles. The van der Waals surface area contributed by atoms with Crippen LogP contribution in [0, 0.1) is 0 Å². The summed E-state index contributed by atoms with van der Waals surface area (Å²) in [5.74, 6) is 0.0237. The van der Waals surface area contributed by atoms with Crippen molar-refractivity contribution in [2.75, 3.05) is 13.1 Å². The van der Waals surface area contributed by atoms with E-state index in [-0.39, 0.29) is 17.8 Å². The molecule has 2 atom stereocenters. The number of nitrogens with zero attached hydrogens (tertiary/aromatic N) is 2. The number of rotatable bonds is 6. The highest BCUT2D eigenvalue weighted by Crippen LogP contribution is 2.33. The quantitative estimate of drug-likeness (QED) is 0.599. The molecule has 164 valence electrons. The van der Waals surface area contributed by atoms with Crippen LogP contribution in [0.1, 0.15) is 49.7 Å². The molecule has 1 aromatic heterocycles. The molecule has 1 fully saturated rings. The van der Waals surface area contributed by atoms with Crippen LogP contribution in [0.4, 0.5) is 4.79 Å². The van der Waals surface area contributed by atoms with Crippen molar-refractivity contribution in [2.24, 2.45) is 7.05 Å². The summed E-state index contributed by atoms with van der Waals surface area (Å²) in [6, 6.07) is 16.7. The second-order valence-corrected chi connectivity index (χ2v) is 8.59. The Morgan fingerprint density at radius 1 is 1.16 bits per heavy atom. The van der Waals surface area contributed by atoms with E-state index in [1.807, 2.05) is 23.1 Å². The zero-order valence-electron chi connectivity index (χ0n) is 18.3. The lowest BCUT2D eigenvalue weighted by Gasteiger charge is -2.37. The fraction of sp³-hybridized carbons (Fsp3) is 0.440. The number of hydrogen-bond acceptors (Lipinski definition) is 3. The summed E-state index contributed by atoms with van der Waals surface area (Å²) in [5.41, 5.74) is 3.96. The summed E-state index contributed by atoms with van der Waals surface area (Å²) < 4.78 is 6.86. The Labute approximate surface area is 182 Å². The van der Waals surface area contributed by atoms with Crippen molar-refractivity contribution < 1.29 is 9.21 Å². The summed E-state index contributed by atoms with van der Waals surface area (Å²) in [7, 11) is 1.72. The van der Waals surface area contributed by atoms with Gasteiger partial charge in [-0.25, -0.2) is 9.59 Å². The van der Waals surface area contributed by atoms with Crippen molar-refractivity contribution in [3.63, 3.8) is 0 Å². The highest BCUT2D eigenvalue weighted by molar-refractivity contribution is 5.75. The van der Waals surface area contributed by atoms with Crippen molar-refractivity contribution in [3.8, 4) is 0 Å². The number of aromatic nitrogens is 1. The lowest BCUT2D eigenvalue weighted by atomic mass is 9.86. The fourth-order valence-electron chi connectivity index (χ4n) is 4.58. The lowest BCUT2D eigenvalue weighted by Crippen LogP contribution is -2.49.